The van der Waals surface area contributed by atoms with Crippen LogP contribution in [0.1, 0.15) is 23.4 Å². The SMILES string of the molecule is Cc1nnc(SCC(=O)N2CC=C(c3ccccc3)CC2)n1Cc1ccccc1. The van der Waals surface area contributed by atoms with Crippen molar-refractivity contribution in [2.45, 2.75) is 25.0 Å². The third-order valence-corrected chi connectivity index (χ3v) is 6.07. The highest BCUT2D eigenvalue weighted by Crippen LogP contribution is 2.24. The van der Waals surface area contributed by atoms with Crippen LogP contribution >= 0.6 is 11.8 Å². The molecular formula is C23H24N4OS. The standard InChI is InChI=1S/C23H24N4OS/c1-18-24-25-23(27(18)16-19-8-4-2-5-9-19)29-17-22(28)26-14-12-21(13-15-26)20-10-6-3-7-11-20/h2-12H,13-17H2,1H3. The van der Waals surface area contributed by atoms with Crippen molar-refractivity contribution in [1.82, 2.24) is 19.7 Å². The van der Waals surface area contributed by atoms with Crippen LogP contribution in [0.4, 0.5) is 0 Å². The molecule has 29 heavy (non-hydrogen) atoms. The van der Waals surface area contributed by atoms with Crippen molar-refractivity contribution in [2.24, 2.45) is 0 Å². The summed E-state index contributed by atoms with van der Waals surface area (Å²) in [7, 11) is 0. The van der Waals surface area contributed by atoms with Crippen LogP contribution in [0.5, 0.6) is 0 Å². The van der Waals surface area contributed by atoms with Crippen LogP contribution in [-0.4, -0.2) is 44.4 Å². The molecule has 0 bridgehead atoms. The summed E-state index contributed by atoms with van der Waals surface area (Å²) in [6.07, 6.45) is 3.06. The number of amides is 1. The molecule has 0 radical (unpaired) electrons. The van der Waals surface area contributed by atoms with Crippen LogP contribution in [0.3, 0.4) is 0 Å². The number of hydrogen-bond donors (Lipinski definition) is 0. The molecule has 0 aliphatic carbocycles. The lowest BCUT2D eigenvalue weighted by molar-refractivity contribution is -0.127. The molecule has 2 heterocycles. The lowest BCUT2D eigenvalue weighted by atomic mass is 10.00. The molecule has 3 aromatic rings. The Labute approximate surface area is 175 Å². The van der Waals surface area contributed by atoms with Gasteiger partial charge in [-0.3, -0.25) is 4.79 Å². The topological polar surface area (TPSA) is 51.0 Å². The number of nitrogens with zero attached hydrogens (tertiary/aromatic N) is 4. The van der Waals surface area contributed by atoms with Gasteiger partial charge in [-0.2, -0.15) is 0 Å². The summed E-state index contributed by atoms with van der Waals surface area (Å²) in [6.45, 7) is 4.08. The summed E-state index contributed by atoms with van der Waals surface area (Å²) in [5.41, 5.74) is 3.76. The Morgan fingerprint density at radius 1 is 1.03 bits per heavy atom. The second kappa shape index (κ2) is 9.09. The summed E-state index contributed by atoms with van der Waals surface area (Å²) in [6, 6.07) is 20.6. The molecule has 0 atom stereocenters. The largest absolute Gasteiger partial charge is 0.338 e. The Balaban J connectivity index is 1.35. The summed E-state index contributed by atoms with van der Waals surface area (Å²) in [5, 5.41) is 9.27. The number of benzene rings is 2. The van der Waals surface area contributed by atoms with Crippen LogP contribution in [0.2, 0.25) is 0 Å². The van der Waals surface area contributed by atoms with E-state index in [1.54, 1.807) is 0 Å². The highest BCUT2D eigenvalue weighted by molar-refractivity contribution is 7.99. The van der Waals surface area contributed by atoms with Gasteiger partial charge in [0.1, 0.15) is 5.82 Å². The van der Waals surface area contributed by atoms with Crippen molar-refractivity contribution in [2.75, 3.05) is 18.8 Å². The van der Waals surface area contributed by atoms with Crippen molar-refractivity contribution in [3.8, 4) is 0 Å². The smallest absolute Gasteiger partial charge is 0.233 e. The molecule has 0 N–H and O–H groups in total. The Kier molecular flexibility index (Phi) is 6.10. The summed E-state index contributed by atoms with van der Waals surface area (Å²) in [5.74, 6) is 1.38. The first kappa shape index (κ1) is 19.5. The van der Waals surface area contributed by atoms with E-state index in [1.807, 2.05) is 36.1 Å². The second-order valence-electron chi connectivity index (χ2n) is 7.08. The van der Waals surface area contributed by atoms with Gasteiger partial charge in [0.2, 0.25) is 5.91 Å². The number of aryl methyl sites for hydroxylation is 1. The molecule has 0 unspecified atom stereocenters. The van der Waals surface area contributed by atoms with Crippen LogP contribution in [-0.2, 0) is 11.3 Å². The molecule has 1 aliphatic heterocycles. The van der Waals surface area contributed by atoms with E-state index in [4.69, 9.17) is 0 Å². The van der Waals surface area contributed by atoms with Crippen molar-refractivity contribution < 1.29 is 4.79 Å². The van der Waals surface area contributed by atoms with Gasteiger partial charge >= 0.3 is 0 Å². The Morgan fingerprint density at radius 3 is 2.45 bits per heavy atom. The first-order valence-electron chi connectivity index (χ1n) is 9.79. The minimum absolute atomic E-state index is 0.144. The Morgan fingerprint density at radius 2 is 1.76 bits per heavy atom. The van der Waals surface area contributed by atoms with E-state index in [1.165, 1.54) is 28.5 Å². The molecule has 0 saturated heterocycles. The average molecular weight is 405 g/mol. The predicted molar refractivity (Wildman–Crippen MR) is 117 cm³/mol. The molecule has 6 heteroatoms. The van der Waals surface area contributed by atoms with Gasteiger partial charge in [-0.15, -0.1) is 10.2 Å². The zero-order valence-corrected chi connectivity index (χ0v) is 17.3. The molecule has 0 spiro atoms. The van der Waals surface area contributed by atoms with Gasteiger partial charge in [0.05, 0.1) is 12.3 Å². The van der Waals surface area contributed by atoms with E-state index in [9.17, 15) is 4.79 Å². The van der Waals surface area contributed by atoms with E-state index in [0.717, 1.165) is 23.9 Å². The Hall–Kier alpha value is -2.86. The molecule has 1 amide bonds. The lowest BCUT2D eigenvalue weighted by Crippen LogP contribution is -2.35. The highest BCUT2D eigenvalue weighted by atomic mass is 32.2. The Bertz CT molecular complexity index is 998. The highest BCUT2D eigenvalue weighted by Gasteiger charge is 2.19. The van der Waals surface area contributed by atoms with Crippen LogP contribution < -0.4 is 0 Å². The molecule has 2 aromatic carbocycles. The fraction of sp³-hybridized carbons (Fsp3) is 0.261. The fourth-order valence-corrected chi connectivity index (χ4v) is 4.33. The average Bonchev–Trinajstić information content (AvgIpc) is 3.13. The molecule has 0 saturated carbocycles. The molecule has 1 aromatic heterocycles. The second-order valence-corrected chi connectivity index (χ2v) is 8.02. The molecule has 0 fully saturated rings. The lowest BCUT2D eigenvalue weighted by Gasteiger charge is -2.26. The van der Waals surface area contributed by atoms with Crippen LogP contribution in [0.25, 0.3) is 5.57 Å². The van der Waals surface area contributed by atoms with Gasteiger partial charge in [-0.1, -0.05) is 78.5 Å². The maximum Gasteiger partial charge on any atom is 0.233 e. The first-order valence-corrected chi connectivity index (χ1v) is 10.8. The van der Waals surface area contributed by atoms with E-state index >= 15 is 0 Å². The van der Waals surface area contributed by atoms with E-state index < -0.39 is 0 Å². The van der Waals surface area contributed by atoms with Gasteiger partial charge < -0.3 is 9.47 Å². The monoisotopic (exact) mass is 404 g/mol. The van der Waals surface area contributed by atoms with Crippen molar-refractivity contribution in [3.63, 3.8) is 0 Å². The normalized spacial score (nSPS) is 14.0. The number of carbonyl (C=O) groups excluding carboxylic acids is 1. The fourth-order valence-electron chi connectivity index (χ4n) is 3.44. The maximum absolute atomic E-state index is 12.7. The minimum Gasteiger partial charge on any atom is -0.338 e. The zero-order valence-electron chi connectivity index (χ0n) is 16.5. The van der Waals surface area contributed by atoms with E-state index in [-0.39, 0.29) is 5.91 Å². The summed E-state index contributed by atoms with van der Waals surface area (Å²) >= 11 is 1.46. The van der Waals surface area contributed by atoms with Gasteiger partial charge in [0, 0.05) is 13.1 Å². The van der Waals surface area contributed by atoms with Gasteiger partial charge in [-0.25, -0.2) is 0 Å². The van der Waals surface area contributed by atoms with Crippen molar-refractivity contribution >= 4 is 23.2 Å². The molecule has 1 aliphatic rings. The molecule has 148 valence electrons. The van der Waals surface area contributed by atoms with Crippen LogP contribution in [0.15, 0.2) is 71.9 Å². The minimum atomic E-state index is 0.144. The van der Waals surface area contributed by atoms with Crippen LogP contribution in [0, 0.1) is 6.92 Å². The molecule has 5 nitrogen and oxygen atoms in total. The van der Waals surface area contributed by atoms with Gasteiger partial charge in [0.15, 0.2) is 5.16 Å². The number of rotatable bonds is 6. The quantitative estimate of drug-likeness (QED) is 0.582. The summed E-state index contributed by atoms with van der Waals surface area (Å²) < 4.78 is 2.07. The van der Waals surface area contributed by atoms with Crippen molar-refractivity contribution in [3.05, 3.63) is 83.7 Å². The molecular weight excluding hydrogens is 380 g/mol. The van der Waals surface area contributed by atoms with E-state index in [2.05, 4.69) is 57.2 Å². The zero-order chi connectivity index (χ0) is 20.1. The first-order chi connectivity index (χ1) is 14.2. The number of carbonyl (C=O) groups is 1. The third-order valence-electron chi connectivity index (χ3n) is 5.12. The van der Waals surface area contributed by atoms with Gasteiger partial charge in [-0.05, 0) is 30.0 Å². The van der Waals surface area contributed by atoms with Crippen molar-refractivity contribution in [1.29, 1.82) is 0 Å². The summed E-state index contributed by atoms with van der Waals surface area (Å²) in [4.78, 5) is 14.6. The number of thioether (sulfide) groups is 1. The number of hydrogen-bond acceptors (Lipinski definition) is 4. The third kappa shape index (κ3) is 4.77. The maximum atomic E-state index is 12.7. The van der Waals surface area contributed by atoms with E-state index in [0.29, 0.717) is 18.8 Å². The predicted octanol–water partition coefficient (Wildman–Crippen LogP) is 4.04. The number of aromatic nitrogens is 3. The van der Waals surface area contributed by atoms with Gasteiger partial charge in [0.25, 0.3) is 0 Å². The molecule has 4 rings (SSSR count).